The lowest BCUT2D eigenvalue weighted by molar-refractivity contribution is 1.11. The number of anilines is 1. The molecule has 0 fully saturated rings. The third-order valence-electron chi connectivity index (χ3n) is 2.30. The van der Waals surface area contributed by atoms with Gasteiger partial charge in [-0.1, -0.05) is 24.3 Å². The Labute approximate surface area is 73.1 Å². The van der Waals surface area contributed by atoms with Gasteiger partial charge in [-0.15, -0.1) is 6.58 Å². The molecular weight excluding hydrogens is 146 g/mol. The Morgan fingerprint density at radius 2 is 2.42 bits per heavy atom. The van der Waals surface area contributed by atoms with Gasteiger partial charge in [-0.05, 0) is 24.0 Å². The quantitative estimate of drug-likeness (QED) is 0.653. The van der Waals surface area contributed by atoms with Crippen molar-refractivity contribution in [3.63, 3.8) is 0 Å². The molecule has 0 spiro atoms. The maximum Gasteiger partial charge on any atom is 0.0409 e. The van der Waals surface area contributed by atoms with E-state index in [2.05, 4.69) is 30.1 Å². The van der Waals surface area contributed by atoms with Crippen LogP contribution in [-0.2, 0) is 12.8 Å². The van der Waals surface area contributed by atoms with Crippen molar-refractivity contribution in [3.8, 4) is 0 Å². The fraction of sp³-hybridized carbons (Fsp3) is 0.273. The van der Waals surface area contributed by atoms with Crippen LogP contribution in [0.3, 0.4) is 0 Å². The van der Waals surface area contributed by atoms with Gasteiger partial charge in [0.25, 0.3) is 0 Å². The van der Waals surface area contributed by atoms with Gasteiger partial charge in [0.1, 0.15) is 0 Å². The topological polar surface area (TPSA) is 12.0 Å². The zero-order valence-corrected chi connectivity index (χ0v) is 7.14. The highest BCUT2D eigenvalue weighted by molar-refractivity contribution is 5.61. The number of hydrogen-bond acceptors (Lipinski definition) is 1. The van der Waals surface area contributed by atoms with Crippen molar-refractivity contribution in [2.75, 3.05) is 11.9 Å². The lowest BCUT2D eigenvalue weighted by Gasteiger charge is -2.05. The fourth-order valence-corrected chi connectivity index (χ4v) is 1.74. The molecule has 2 rings (SSSR count). The number of benzene rings is 1. The molecule has 62 valence electrons. The van der Waals surface area contributed by atoms with Gasteiger partial charge in [0.2, 0.25) is 0 Å². The Morgan fingerprint density at radius 1 is 1.50 bits per heavy atom. The molecule has 0 aliphatic carbocycles. The van der Waals surface area contributed by atoms with Crippen LogP contribution in [0.25, 0.3) is 0 Å². The summed E-state index contributed by atoms with van der Waals surface area (Å²) in [5.41, 5.74) is 4.17. The molecule has 1 heteroatoms. The van der Waals surface area contributed by atoms with Gasteiger partial charge < -0.3 is 5.32 Å². The minimum atomic E-state index is 0.968. The van der Waals surface area contributed by atoms with Crippen LogP contribution in [-0.4, -0.2) is 6.54 Å². The largest absolute Gasteiger partial charge is 0.384 e. The molecule has 1 N–H and O–H groups in total. The summed E-state index contributed by atoms with van der Waals surface area (Å²) in [4.78, 5) is 0. The molecule has 0 saturated heterocycles. The van der Waals surface area contributed by atoms with E-state index in [1.165, 1.54) is 23.2 Å². The van der Waals surface area contributed by atoms with Crippen molar-refractivity contribution in [1.29, 1.82) is 0 Å². The van der Waals surface area contributed by atoms with E-state index in [0.29, 0.717) is 0 Å². The molecule has 0 atom stereocenters. The molecule has 1 nitrogen and oxygen atoms in total. The van der Waals surface area contributed by atoms with Crippen LogP contribution in [0.4, 0.5) is 5.69 Å². The number of fused-ring (bicyclic) bond motifs is 1. The second kappa shape index (κ2) is 3.02. The van der Waals surface area contributed by atoms with Crippen molar-refractivity contribution in [2.24, 2.45) is 0 Å². The zero-order valence-electron chi connectivity index (χ0n) is 7.14. The number of rotatable bonds is 2. The Bertz CT molecular complexity index is 302. The standard InChI is InChI=1S/C11H13N/c1-2-4-9-5-3-6-10-7-8-12-11(9)10/h2-3,5-6,12H,1,4,7-8H2. The molecule has 1 aromatic rings. The van der Waals surface area contributed by atoms with Crippen molar-refractivity contribution < 1.29 is 0 Å². The molecule has 0 aromatic heterocycles. The fourth-order valence-electron chi connectivity index (χ4n) is 1.74. The Kier molecular flexibility index (Phi) is 1.86. The van der Waals surface area contributed by atoms with Gasteiger partial charge in [-0.25, -0.2) is 0 Å². The first kappa shape index (κ1) is 7.41. The number of hydrogen-bond donors (Lipinski definition) is 1. The zero-order chi connectivity index (χ0) is 8.39. The molecule has 1 heterocycles. The van der Waals surface area contributed by atoms with E-state index in [9.17, 15) is 0 Å². The Balaban J connectivity index is 2.42. The van der Waals surface area contributed by atoms with E-state index in [1.807, 2.05) is 6.08 Å². The Hall–Kier alpha value is -1.24. The summed E-state index contributed by atoms with van der Waals surface area (Å²) in [7, 11) is 0. The predicted octanol–water partition coefficient (Wildman–Crippen LogP) is 2.38. The van der Waals surface area contributed by atoms with Gasteiger partial charge >= 0.3 is 0 Å². The first-order chi connectivity index (χ1) is 5.92. The second-order valence-corrected chi connectivity index (χ2v) is 3.12. The third-order valence-corrected chi connectivity index (χ3v) is 2.30. The molecule has 0 saturated carbocycles. The lowest BCUT2D eigenvalue weighted by Crippen LogP contribution is -1.94. The van der Waals surface area contributed by atoms with Crippen LogP contribution in [0.1, 0.15) is 11.1 Å². The third kappa shape index (κ3) is 1.11. The molecule has 1 aromatic carbocycles. The summed E-state index contributed by atoms with van der Waals surface area (Å²) in [6, 6.07) is 6.49. The lowest BCUT2D eigenvalue weighted by atomic mass is 10.1. The minimum absolute atomic E-state index is 0.968. The normalized spacial score (nSPS) is 13.7. The van der Waals surface area contributed by atoms with Crippen LogP contribution in [0.2, 0.25) is 0 Å². The van der Waals surface area contributed by atoms with E-state index < -0.39 is 0 Å². The first-order valence-corrected chi connectivity index (χ1v) is 4.37. The maximum atomic E-state index is 3.75. The van der Waals surface area contributed by atoms with Crippen LogP contribution < -0.4 is 5.32 Å². The van der Waals surface area contributed by atoms with E-state index in [-0.39, 0.29) is 0 Å². The number of para-hydroxylation sites is 1. The Morgan fingerprint density at radius 3 is 3.25 bits per heavy atom. The summed E-state index contributed by atoms with van der Waals surface area (Å²) in [5, 5.41) is 3.41. The molecule has 1 aliphatic rings. The number of allylic oxidation sites excluding steroid dienone is 1. The van der Waals surface area contributed by atoms with E-state index in [4.69, 9.17) is 0 Å². The molecule has 0 radical (unpaired) electrons. The number of nitrogens with one attached hydrogen (secondary N) is 1. The molecule has 12 heavy (non-hydrogen) atoms. The minimum Gasteiger partial charge on any atom is -0.384 e. The average Bonchev–Trinajstić information content (AvgIpc) is 2.53. The summed E-state index contributed by atoms with van der Waals surface area (Å²) in [6.07, 6.45) is 4.09. The predicted molar refractivity (Wildman–Crippen MR) is 52.5 cm³/mol. The molecule has 1 aliphatic heterocycles. The highest BCUT2D eigenvalue weighted by Crippen LogP contribution is 2.26. The monoisotopic (exact) mass is 159 g/mol. The van der Waals surface area contributed by atoms with E-state index >= 15 is 0 Å². The van der Waals surface area contributed by atoms with Crippen molar-refractivity contribution in [3.05, 3.63) is 42.0 Å². The summed E-state index contributed by atoms with van der Waals surface area (Å²) < 4.78 is 0. The van der Waals surface area contributed by atoms with Crippen molar-refractivity contribution >= 4 is 5.69 Å². The van der Waals surface area contributed by atoms with E-state index in [1.54, 1.807) is 0 Å². The van der Waals surface area contributed by atoms with E-state index in [0.717, 1.165) is 13.0 Å². The molecule has 0 bridgehead atoms. The maximum absolute atomic E-state index is 3.75. The van der Waals surface area contributed by atoms with Gasteiger partial charge in [-0.2, -0.15) is 0 Å². The van der Waals surface area contributed by atoms with Gasteiger partial charge in [0, 0.05) is 12.2 Å². The van der Waals surface area contributed by atoms with Crippen molar-refractivity contribution in [1.82, 2.24) is 0 Å². The SMILES string of the molecule is C=CCc1cccc2c1NCC2. The van der Waals surface area contributed by atoms with Gasteiger partial charge in [-0.3, -0.25) is 0 Å². The highest BCUT2D eigenvalue weighted by atomic mass is 14.9. The van der Waals surface area contributed by atoms with Gasteiger partial charge in [0.15, 0.2) is 0 Å². The first-order valence-electron chi connectivity index (χ1n) is 4.37. The van der Waals surface area contributed by atoms with Crippen LogP contribution in [0, 0.1) is 0 Å². The van der Waals surface area contributed by atoms with Crippen LogP contribution in [0.15, 0.2) is 30.9 Å². The average molecular weight is 159 g/mol. The van der Waals surface area contributed by atoms with Gasteiger partial charge in [0.05, 0.1) is 0 Å². The van der Waals surface area contributed by atoms with Crippen molar-refractivity contribution in [2.45, 2.75) is 12.8 Å². The second-order valence-electron chi connectivity index (χ2n) is 3.12. The summed E-state index contributed by atoms with van der Waals surface area (Å²) in [6.45, 7) is 4.84. The molecular formula is C11H13N. The molecule has 0 unspecified atom stereocenters. The molecule has 0 amide bonds. The smallest absolute Gasteiger partial charge is 0.0409 e. The van der Waals surface area contributed by atoms with Crippen LogP contribution >= 0.6 is 0 Å². The summed E-state index contributed by atoms with van der Waals surface area (Å²) in [5.74, 6) is 0. The summed E-state index contributed by atoms with van der Waals surface area (Å²) >= 11 is 0. The highest BCUT2D eigenvalue weighted by Gasteiger charge is 2.11. The van der Waals surface area contributed by atoms with Crippen LogP contribution in [0.5, 0.6) is 0 Å².